The molecule has 1 amide bonds. The molecule has 8 nitrogen and oxygen atoms in total. The minimum Gasteiger partial charge on any atom is -0.408 e. The number of fused-ring (bicyclic) bond motifs is 1. The number of para-hydroxylation sites is 2. The number of oxazole rings is 1. The van der Waals surface area contributed by atoms with Gasteiger partial charge in [0.2, 0.25) is 5.91 Å². The third-order valence-corrected chi connectivity index (χ3v) is 6.56. The summed E-state index contributed by atoms with van der Waals surface area (Å²) in [5.41, 5.74) is 1.23. The standard InChI is InChI=1S/C21H25N5O3/c1-2-6-17-22-19(24-23-17)14-11-25(13-21(14)9-5-10-21)18(27)12-26-15-7-3-4-8-16(15)29-20(26)28/h3-4,7-8,14H,2,5-6,9-13H2,1H3,(H,22,23,24). The summed E-state index contributed by atoms with van der Waals surface area (Å²) in [6.45, 7) is 3.42. The highest BCUT2D eigenvalue weighted by molar-refractivity contribution is 5.80. The quantitative estimate of drug-likeness (QED) is 0.716. The number of aromatic nitrogens is 4. The fourth-order valence-electron chi connectivity index (χ4n) is 4.87. The van der Waals surface area contributed by atoms with Crippen molar-refractivity contribution in [3.63, 3.8) is 0 Å². The number of benzene rings is 1. The monoisotopic (exact) mass is 395 g/mol. The fraction of sp³-hybridized carbons (Fsp3) is 0.524. The minimum absolute atomic E-state index is 0.00622. The van der Waals surface area contributed by atoms with E-state index in [-0.39, 0.29) is 23.8 Å². The van der Waals surface area contributed by atoms with E-state index in [4.69, 9.17) is 9.40 Å². The number of nitrogens with zero attached hydrogens (tertiary/aromatic N) is 4. The molecule has 1 aromatic carbocycles. The minimum atomic E-state index is -0.494. The molecule has 3 heterocycles. The van der Waals surface area contributed by atoms with E-state index in [0.29, 0.717) is 24.2 Å². The molecule has 1 atom stereocenters. The van der Waals surface area contributed by atoms with Crippen molar-refractivity contribution in [2.24, 2.45) is 5.41 Å². The Morgan fingerprint density at radius 1 is 1.34 bits per heavy atom. The van der Waals surface area contributed by atoms with Crippen molar-refractivity contribution in [2.45, 2.75) is 51.5 Å². The van der Waals surface area contributed by atoms with E-state index in [1.807, 2.05) is 17.0 Å². The van der Waals surface area contributed by atoms with Crippen LogP contribution < -0.4 is 5.76 Å². The van der Waals surface area contributed by atoms with Crippen LogP contribution in [-0.2, 0) is 17.8 Å². The van der Waals surface area contributed by atoms with Gasteiger partial charge in [-0.3, -0.25) is 14.5 Å². The average Bonchev–Trinajstić information content (AvgIpc) is 3.37. The SMILES string of the molecule is CCCc1nc(C2CN(C(=O)Cn3c(=O)oc4ccccc43)CC23CCC3)n[nH]1. The van der Waals surface area contributed by atoms with Crippen LogP contribution in [0.25, 0.3) is 11.1 Å². The molecule has 1 saturated heterocycles. The Labute approximate surface area is 167 Å². The maximum Gasteiger partial charge on any atom is 0.420 e. The second-order valence-corrected chi connectivity index (χ2v) is 8.35. The number of carbonyl (C=O) groups excluding carboxylic acids is 1. The largest absolute Gasteiger partial charge is 0.420 e. The van der Waals surface area contributed by atoms with E-state index in [0.717, 1.165) is 37.3 Å². The van der Waals surface area contributed by atoms with Crippen molar-refractivity contribution in [3.8, 4) is 0 Å². The summed E-state index contributed by atoms with van der Waals surface area (Å²) < 4.78 is 6.69. The molecule has 1 aliphatic heterocycles. The molecule has 8 heteroatoms. The van der Waals surface area contributed by atoms with Crippen LogP contribution in [0.5, 0.6) is 0 Å². The van der Waals surface area contributed by atoms with Crippen LogP contribution in [0, 0.1) is 5.41 Å². The van der Waals surface area contributed by atoms with Crippen LogP contribution in [-0.4, -0.2) is 43.6 Å². The van der Waals surface area contributed by atoms with Crippen LogP contribution in [0.15, 0.2) is 33.5 Å². The summed E-state index contributed by atoms with van der Waals surface area (Å²) in [4.78, 5) is 31.9. The number of hydrogen-bond acceptors (Lipinski definition) is 5. The summed E-state index contributed by atoms with van der Waals surface area (Å²) in [7, 11) is 0. The number of carbonyl (C=O) groups is 1. The summed E-state index contributed by atoms with van der Waals surface area (Å²) in [5.74, 6) is 1.34. The van der Waals surface area contributed by atoms with E-state index < -0.39 is 5.76 Å². The van der Waals surface area contributed by atoms with Gasteiger partial charge in [-0.1, -0.05) is 25.5 Å². The normalized spacial score (nSPS) is 20.4. The van der Waals surface area contributed by atoms with Crippen LogP contribution in [0.3, 0.4) is 0 Å². The summed E-state index contributed by atoms with van der Waals surface area (Å²) in [6.07, 6.45) is 5.26. The second-order valence-electron chi connectivity index (χ2n) is 8.35. The Morgan fingerprint density at radius 2 is 2.17 bits per heavy atom. The molecule has 1 spiro atoms. The number of H-pyrrole nitrogens is 1. The highest BCUT2D eigenvalue weighted by atomic mass is 16.4. The van der Waals surface area contributed by atoms with Crippen LogP contribution >= 0.6 is 0 Å². The van der Waals surface area contributed by atoms with E-state index in [1.54, 1.807) is 12.1 Å². The van der Waals surface area contributed by atoms with Crippen molar-refractivity contribution in [1.29, 1.82) is 0 Å². The van der Waals surface area contributed by atoms with Gasteiger partial charge < -0.3 is 9.32 Å². The molecular weight excluding hydrogens is 370 g/mol. The Kier molecular flexibility index (Phi) is 4.29. The van der Waals surface area contributed by atoms with Crippen molar-refractivity contribution in [2.75, 3.05) is 13.1 Å². The van der Waals surface area contributed by atoms with Gasteiger partial charge in [-0.15, -0.1) is 0 Å². The molecular formula is C21H25N5O3. The number of rotatable bonds is 5. The maximum absolute atomic E-state index is 13.1. The number of aryl methyl sites for hydroxylation is 1. The van der Waals surface area contributed by atoms with E-state index >= 15 is 0 Å². The number of amides is 1. The summed E-state index contributed by atoms with van der Waals surface area (Å²) >= 11 is 0. The average molecular weight is 395 g/mol. The van der Waals surface area contributed by atoms with Gasteiger partial charge in [0.15, 0.2) is 11.4 Å². The predicted octanol–water partition coefficient (Wildman–Crippen LogP) is 2.46. The summed E-state index contributed by atoms with van der Waals surface area (Å²) in [5, 5.41) is 7.53. The maximum atomic E-state index is 13.1. The molecule has 5 rings (SSSR count). The molecule has 2 aromatic heterocycles. The van der Waals surface area contributed by atoms with Crippen LogP contribution in [0.2, 0.25) is 0 Å². The summed E-state index contributed by atoms with van der Waals surface area (Å²) in [6, 6.07) is 7.19. The topological polar surface area (TPSA) is 97.0 Å². The Balaban J connectivity index is 1.38. The molecule has 2 fully saturated rings. The highest BCUT2D eigenvalue weighted by Crippen LogP contribution is 2.55. The molecule has 0 radical (unpaired) electrons. The number of hydrogen-bond donors (Lipinski definition) is 1. The first-order valence-electron chi connectivity index (χ1n) is 10.4. The zero-order chi connectivity index (χ0) is 20.0. The van der Waals surface area contributed by atoms with Gasteiger partial charge in [0.05, 0.1) is 5.52 Å². The molecule has 1 aliphatic carbocycles. The zero-order valence-corrected chi connectivity index (χ0v) is 16.6. The fourth-order valence-corrected chi connectivity index (χ4v) is 4.87. The Bertz CT molecular complexity index is 1110. The van der Waals surface area contributed by atoms with Gasteiger partial charge in [0.25, 0.3) is 0 Å². The molecule has 1 saturated carbocycles. The van der Waals surface area contributed by atoms with Crippen molar-refractivity contribution in [3.05, 3.63) is 46.5 Å². The Hall–Kier alpha value is -2.90. The van der Waals surface area contributed by atoms with Gasteiger partial charge in [-0.25, -0.2) is 9.78 Å². The highest BCUT2D eigenvalue weighted by Gasteiger charge is 2.53. The van der Waals surface area contributed by atoms with Gasteiger partial charge >= 0.3 is 5.76 Å². The molecule has 1 unspecified atom stereocenters. The molecule has 2 aliphatic rings. The smallest absolute Gasteiger partial charge is 0.408 e. The number of likely N-dealkylation sites (tertiary alicyclic amines) is 1. The Morgan fingerprint density at radius 3 is 2.93 bits per heavy atom. The van der Waals surface area contributed by atoms with Crippen molar-refractivity contribution in [1.82, 2.24) is 24.6 Å². The lowest BCUT2D eigenvalue weighted by atomic mass is 9.62. The van der Waals surface area contributed by atoms with Gasteiger partial charge in [0, 0.05) is 25.4 Å². The molecule has 0 bridgehead atoms. The lowest BCUT2D eigenvalue weighted by molar-refractivity contribution is -0.131. The molecule has 1 N–H and O–H groups in total. The third kappa shape index (κ3) is 2.97. The van der Waals surface area contributed by atoms with E-state index in [9.17, 15) is 9.59 Å². The van der Waals surface area contributed by atoms with E-state index in [2.05, 4.69) is 17.1 Å². The molecule has 152 valence electrons. The number of nitrogens with one attached hydrogen (secondary N) is 1. The van der Waals surface area contributed by atoms with Gasteiger partial charge in [-0.05, 0) is 36.8 Å². The first kappa shape index (κ1) is 18.1. The third-order valence-electron chi connectivity index (χ3n) is 6.56. The first-order valence-corrected chi connectivity index (χ1v) is 10.4. The van der Waals surface area contributed by atoms with Gasteiger partial charge in [0.1, 0.15) is 12.4 Å². The first-order chi connectivity index (χ1) is 14.1. The van der Waals surface area contributed by atoms with Crippen LogP contribution in [0.1, 0.15) is 50.2 Å². The van der Waals surface area contributed by atoms with Gasteiger partial charge in [-0.2, -0.15) is 5.10 Å². The zero-order valence-electron chi connectivity index (χ0n) is 16.6. The molecule has 3 aromatic rings. The van der Waals surface area contributed by atoms with Crippen molar-refractivity contribution >= 4 is 17.0 Å². The molecule has 29 heavy (non-hydrogen) atoms. The number of aromatic amines is 1. The van der Waals surface area contributed by atoms with Crippen LogP contribution in [0.4, 0.5) is 0 Å². The van der Waals surface area contributed by atoms with E-state index in [1.165, 1.54) is 11.0 Å². The second kappa shape index (κ2) is 6.86. The van der Waals surface area contributed by atoms with Crippen molar-refractivity contribution < 1.29 is 9.21 Å². The lowest BCUT2D eigenvalue weighted by Gasteiger charge is -2.41. The lowest BCUT2D eigenvalue weighted by Crippen LogP contribution is -2.39. The predicted molar refractivity (Wildman–Crippen MR) is 106 cm³/mol.